The van der Waals surface area contributed by atoms with Crippen molar-refractivity contribution in [1.29, 1.82) is 0 Å². The smallest absolute Gasteiger partial charge is 0.267 e. The van der Waals surface area contributed by atoms with Gasteiger partial charge in [-0.1, -0.05) is 0 Å². The largest absolute Gasteiger partial charge is 0.334 e. The number of sulfonamides is 1. The fourth-order valence-corrected chi connectivity index (χ4v) is 3.91. The van der Waals surface area contributed by atoms with Gasteiger partial charge in [-0.25, -0.2) is 22.8 Å². The van der Waals surface area contributed by atoms with Crippen LogP contribution in [0.5, 0.6) is 0 Å². The molecule has 24 heavy (non-hydrogen) atoms. The van der Waals surface area contributed by atoms with Gasteiger partial charge in [-0.15, -0.1) is 0 Å². The van der Waals surface area contributed by atoms with Gasteiger partial charge in [-0.2, -0.15) is 5.10 Å². The summed E-state index contributed by atoms with van der Waals surface area (Å²) in [6.07, 6.45) is 4.29. The van der Waals surface area contributed by atoms with Crippen LogP contribution in [0.25, 0.3) is 0 Å². The fraction of sp³-hybridized carbons (Fsp3) is 0.533. The van der Waals surface area contributed by atoms with E-state index in [0.717, 1.165) is 30.5 Å². The Bertz CT molecular complexity index is 914. The Hall–Kier alpha value is -2.00. The molecule has 0 bridgehead atoms. The van der Waals surface area contributed by atoms with E-state index in [0.29, 0.717) is 12.4 Å². The predicted octanol–water partition coefficient (Wildman–Crippen LogP) is 0.235. The third-order valence-electron chi connectivity index (χ3n) is 4.21. The molecule has 0 saturated heterocycles. The van der Waals surface area contributed by atoms with Crippen LogP contribution in [0.1, 0.15) is 30.4 Å². The molecule has 0 spiro atoms. The summed E-state index contributed by atoms with van der Waals surface area (Å²) in [6.45, 7) is 4.62. The standard InChI is InChI=1S/C15H21N5O3S/c1-3-19-10-14(17-11(19)2)24(22,23)16-7-8-20-15(21)9-12-5-4-6-13(12)18-20/h9-10,16H,3-8H2,1-2H3. The number of hydrogen-bond acceptors (Lipinski definition) is 5. The lowest BCUT2D eigenvalue weighted by atomic mass is 10.2. The average molecular weight is 351 g/mol. The summed E-state index contributed by atoms with van der Waals surface area (Å²) in [5.74, 6) is 0.648. The third-order valence-corrected chi connectivity index (χ3v) is 5.54. The van der Waals surface area contributed by atoms with Crippen molar-refractivity contribution in [2.24, 2.45) is 0 Å². The highest BCUT2D eigenvalue weighted by atomic mass is 32.2. The van der Waals surface area contributed by atoms with Crippen molar-refractivity contribution in [1.82, 2.24) is 24.1 Å². The molecule has 0 aliphatic heterocycles. The van der Waals surface area contributed by atoms with E-state index in [-0.39, 0.29) is 23.7 Å². The molecule has 2 aromatic heterocycles. The first-order valence-electron chi connectivity index (χ1n) is 8.04. The van der Waals surface area contributed by atoms with Gasteiger partial charge in [-0.3, -0.25) is 4.79 Å². The van der Waals surface area contributed by atoms with Crippen LogP contribution in [0, 0.1) is 6.92 Å². The van der Waals surface area contributed by atoms with E-state index in [1.54, 1.807) is 17.6 Å². The molecule has 3 rings (SSSR count). The SMILES string of the molecule is CCn1cc(S(=O)(=O)NCCn2nc3c(cc2=O)CCC3)nc1C. The molecule has 0 aromatic carbocycles. The van der Waals surface area contributed by atoms with Crippen LogP contribution in [0.4, 0.5) is 0 Å². The Morgan fingerprint density at radius 2 is 2.12 bits per heavy atom. The highest BCUT2D eigenvalue weighted by molar-refractivity contribution is 7.89. The topological polar surface area (TPSA) is 98.9 Å². The quantitative estimate of drug-likeness (QED) is 0.803. The monoisotopic (exact) mass is 351 g/mol. The van der Waals surface area contributed by atoms with Crippen molar-refractivity contribution >= 4 is 10.0 Å². The lowest BCUT2D eigenvalue weighted by Crippen LogP contribution is -2.32. The Kier molecular flexibility index (Phi) is 4.55. The number of aryl methyl sites for hydroxylation is 4. The summed E-state index contributed by atoms with van der Waals surface area (Å²) in [6, 6.07) is 1.61. The van der Waals surface area contributed by atoms with Crippen molar-refractivity contribution in [3.8, 4) is 0 Å². The molecule has 0 radical (unpaired) electrons. The molecular weight excluding hydrogens is 330 g/mol. The highest BCUT2D eigenvalue weighted by Crippen LogP contribution is 2.16. The number of rotatable bonds is 6. The maximum atomic E-state index is 12.3. The second-order valence-electron chi connectivity index (χ2n) is 5.84. The molecular formula is C15H21N5O3S. The second kappa shape index (κ2) is 6.48. The first-order chi connectivity index (χ1) is 11.4. The van der Waals surface area contributed by atoms with Gasteiger partial charge in [0, 0.05) is 25.4 Å². The summed E-state index contributed by atoms with van der Waals surface area (Å²) in [5, 5.41) is 4.32. The molecule has 0 fully saturated rings. The van der Waals surface area contributed by atoms with Crippen LogP contribution >= 0.6 is 0 Å². The van der Waals surface area contributed by atoms with Crippen molar-refractivity contribution in [2.45, 2.75) is 51.2 Å². The first-order valence-corrected chi connectivity index (χ1v) is 9.52. The fourth-order valence-electron chi connectivity index (χ4n) is 2.89. The zero-order chi connectivity index (χ0) is 17.3. The highest BCUT2D eigenvalue weighted by Gasteiger charge is 2.19. The Morgan fingerprint density at radius 1 is 1.33 bits per heavy atom. The van der Waals surface area contributed by atoms with Gasteiger partial charge in [0.25, 0.3) is 15.6 Å². The van der Waals surface area contributed by atoms with E-state index in [9.17, 15) is 13.2 Å². The summed E-state index contributed by atoms with van der Waals surface area (Å²) < 4.78 is 30.1. The lowest BCUT2D eigenvalue weighted by molar-refractivity contribution is 0.540. The molecule has 0 amide bonds. The van der Waals surface area contributed by atoms with Crippen molar-refractivity contribution < 1.29 is 8.42 Å². The Balaban J connectivity index is 1.68. The molecule has 8 nitrogen and oxygen atoms in total. The maximum absolute atomic E-state index is 12.3. The number of imidazole rings is 1. The summed E-state index contributed by atoms with van der Waals surface area (Å²) in [5.41, 5.74) is 1.76. The van der Waals surface area contributed by atoms with Crippen molar-refractivity contribution in [3.63, 3.8) is 0 Å². The minimum Gasteiger partial charge on any atom is -0.334 e. The van der Waals surface area contributed by atoms with Gasteiger partial charge in [0.2, 0.25) is 0 Å². The van der Waals surface area contributed by atoms with Gasteiger partial charge < -0.3 is 4.57 Å². The predicted molar refractivity (Wildman–Crippen MR) is 88.3 cm³/mol. The van der Waals surface area contributed by atoms with Crippen molar-refractivity contribution in [3.05, 3.63) is 39.7 Å². The lowest BCUT2D eigenvalue weighted by Gasteiger charge is -2.08. The molecule has 1 aliphatic carbocycles. The van der Waals surface area contributed by atoms with Gasteiger partial charge in [0.15, 0.2) is 5.03 Å². The van der Waals surface area contributed by atoms with Crippen LogP contribution in [0.2, 0.25) is 0 Å². The summed E-state index contributed by atoms with van der Waals surface area (Å²) in [4.78, 5) is 16.1. The number of nitrogens with one attached hydrogen (secondary N) is 1. The number of aromatic nitrogens is 4. The summed E-state index contributed by atoms with van der Waals surface area (Å²) >= 11 is 0. The molecule has 1 aliphatic rings. The van der Waals surface area contributed by atoms with E-state index in [1.165, 1.54) is 10.9 Å². The molecule has 130 valence electrons. The molecule has 2 aromatic rings. The third kappa shape index (κ3) is 3.27. The van der Waals surface area contributed by atoms with E-state index < -0.39 is 10.0 Å². The van der Waals surface area contributed by atoms with E-state index in [2.05, 4.69) is 14.8 Å². The van der Waals surface area contributed by atoms with Gasteiger partial charge >= 0.3 is 0 Å². The number of nitrogens with zero attached hydrogens (tertiary/aromatic N) is 4. The van der Waals surface area contributed by atoms with Crippen LogP contribution in [0.3, 0.4) is 0 Å². The first kappa shape index (κ1) is 16.8. The Morgan fingerprint density at radius 3 is 2.83 bits per heavy atom. The number of fused-ring (bicyclic) bond motifs is 1. The molecule has 1 N–H and O–H groups in total. The molecule has 0 unspecified atom stereocenters. The zero-order valence-electron chi connectivity index (χ0n) is 13.8. The van der Waals surface area contributed by atoms with E-state index in [4.69, 9.17) is 0 Å². The minimum absolute atomic E-state index is 0.00360. The van der Waals surface area contributed by atoms with Gasteiger partial charge in [0.1, 0.15) is 5.82 Å². The average Bonchev–Trinajstić information content (AvgIpc) is 3.13. The van der Waals surface area contributed by atoms with Crippen LogP contribution in [-0.4, -0.2) is 34.3 Å². The summed E-state index contributed by atoms with van der Waals surface area (Å²) in [7, 11) is -3.69. The minimum atomic E-state index is -3.69. The maximum Gasteiger partial charge on any atom is 0.267 e. The molecule has 9 heteroatoms. The van der Waals surface area contributed by atoms with Crippen LogP contribution < -0.4 is 10.3 Å². The molecule has 0 saturated carbocycles. The van der Waals surface area contributed by atoms with Crippen molar-refractivity contribution in [2.75, 3.05) is 6.54 Å². The van der Waals surface area contributed by atoms with Gasteiger partial charge in [0.05, 0.1) is 12.2 Å². The molecule has 0 atom stereocenters. The van der Waals surface area contributed by atoms with Crippen LogP contribution in [-0.2, 0) is 36.0 Å². The Labute approximate surface area is 140 Å². The molecule has 2 heterocycles. The van der Waals surface area contributed by atoms with Gasteiger partial charge in [-0.05, 0) is 38.7 Å². The van der Waals surface area contributed by atoms with Crippen LogP contribution in [0.15, 0.2) is 22.1 Å². The zero-order valence-corrected chi connectivity index (χ0v) is 14.6. The van der Waals surface area contributed by atoms with E-state index >= 15 is 0 Å². The number of hydrogen-bond donors (Lipinski definition) is 1. The normalized spacial score (nSPS) is 14.1. The van der Waals surface area contributed by atoms with E-state index in [1.807, 2.05) is 6.92 Å². The second-order valence-corrected chi connectivity index (χ2v) is 7.56.